The lowest BCUT2D eigenvalue weighted by molar-refractivity contribution is -0.138. The third-order valence-corrected chi connectivity index (χ3v) is 3.39. The Labute approximate surface area is 141 Å². The summed E-state index contributed by atoms with van der Waals surface area (Å²) in [5.74, 6) is -1.95. The highest BCUT2D eigenvalue weighted by molar-refractivity contribution is 5.91. The Morgan fingerprint density at radius 1 is 1.12 bits per heavy atom. The van der Waals surface area contributed by atoms with Gasteiger partial charge in [-0.3, -0.25) is 14.4 Å². The summed E-state index contributed by atoms with van der Waals surface area (Å²) >= 11 is 0. The molecule has 0 fully saturated rings. The summed E-state index contributed by atoms with van der Waals surface area (Å²) in [7, 11) is 0. The number of carbonyl (C=O) groups excluding carboxylic acids is 2. The van der Waals surface area contributed by atoms with Crippen LogP contribution in [0.1, 0.15) is 25.8 Å². The molecule has 0 aromatic heterocycles. The molecule has 7 nitrogen and oxygen atoms in total. The van der Waals surface area contributed by atoms with Gasteiger partial charge in [0.1, 0.15) is 12.6 Å². The fraction of sp³-hybridized carbons (Fsp3) is 0.471. The highest BCUT2D eigenvalue weighted by Crippen LogP contribution is 2.07. The van der Waals surface area contributed by atoms with E-state index in [-0.39, 0.29) is 5.92 Å². The molecule has 0 saturated carbocycles. The Hall–Kier alpha value is -2.41. The van der Waals surface area contributed by atoms with Gasteiger partial charge in [0.15, 0.2) is 0 Å². The van der Waals surface area contributed by atoms with E-state index in [9.17, 15) is 14.4 Å². The third kappa shape index (κ3) is 7.23. The molecule has 7 heteroatoms. The third-order valence-electron chi connectivity index (χ3n) is 3.39. The molecule has 24 heavy (non-hydrogen) atoms. The van der Waals surface area contributed by atoms with E-state index in [1.54, 1.807) is 0 Å². The zero-order valence-electron chi connectivity index (χ0n) is 14.0. The van der Waals surface area contributed by atoms with Crippen LogP contribution in [0.25, 0.3) is 0 Å². The Balaban J connectivity index is 2.65. The molecule has 1 aromatic carbocycles. The fourth-order valence-electron chi connectivity index (χ4n) is 2.23. The number of carbonyl (C=O) groups is 3. The molecular weight excluding hydrogens is 310 g/mol. The van der Waals surface area contributed by atoms with Gasteiger partial charge < -0.3 is 21.5 Å². The fourth-order valence-corrected chi connectivity index (χ4v) is 2.23. The second-order valence-electron chi connectivity index (χ2n) is 6.10. The average molecular weight is 335 g/mol. The maximum absolute atomic E-state index is 12.2. The minimum Gasteiger partial charge on any atom is -0.480 e. The number of rotatable bonds is 9. The number of nitrogens with two attached hydrogens (primary N) is 1. The molecule has 1 rings (SSSR count). The van der Waals surface area contributed by atoms with Gasteiger partial charge in [-0.25, -0.2) is 0 Å². The van der Waals surface area contributed by atoms with Gasteiger partial charge in [0.2, 0.25) is 11.8 Å². The van der Waals surface area contributed by atoms with Crippen LogP contribution in [0, 0.1) is 5.92 Å². The summed E-state index contributed by atoms with van der Waals surface area (Å²) in [6.07, 6.45) is 0.757. The minimum absolute atomic E-state index is 0.149. The largest absolute Gasteiger partial charge is 0.480 e. The van der Waals surface area contributed by atoms with Crippen LogP contribution < -0.4 is 16.4 Å². The van der Waals surface area contributed by atoms with Gasteiger partial charge in [-0.1, -0.05) is 44.2 Å². The van der Waals surface area contributed by atoms with E-state index in [1.807, 2.05) is 44.2 Å². The number of aliphatic carboxylic acids is 1. The molecule has 0 unspecified atom stereocenters. The van der Waals surface area contributed by atoms with E-state index in [4.69, 9.17) is 10.8 Å². The van der Waals surface area contributed by atoms with Crippen LogP contribution >= 0.6 is 0 Å². The maximum Gasteiger partial charge on any atom is 0.322 e. The molecule has 2 amide bonds. The lowest BCUT2D eigenvalue weighted by Crippen LogP contribution is -2.53. The molecule has 0 saturated heterocycles. The number of hydrogen-bond acceptors (Lipinski definition) is 4. The number of benzene rings is 1. The zero-order valence-corrected chi connectivity index (χ0v) is 14.0. The minimum atomic E-state index is -1.14. The van der Waals surface area contributed by atoms with Crippen molar-refractivity contribution in [1.82, 2.24) is 10.6 Å². The smallest absolute Gasteiger partial charge is 0.322 e. The van der Waals surface area contributed by atoms with Crippen molar-refractivity contribution in [2.75, 3.05) is 6.54 Å². The SMILES string of the molecule is CC(C)C[C@H](NC(=O)[C@@H](N)Cc1ccccc1)C(=O)NCC(=O)O. The van der Waals surface area contributed by atoms with Crippen LogP contribution in [-0.4, -0.2) is 41.5 Å². The van der Waals surface area contributed by atoms with Crippen molar-refractivity contribution in [3.63, 3.8) is 0 Å². The lowest BCUT2D eigenvalue weighted by Gasteiger charge is -2.22. The van der Waals surface area contributed by atoms with Crippen molar-refractivity contribution in [2.45, 2.75) is 38.8 Å². The molecule has 0 spiro atoms. The first kappa shape index (κ1) is 19.6. The van der Waals surface area contributed by atoms with Crippen LogP contribution in [0.4, 0.5) is 0 Å². The first-order valence-corrected chi connectivity index (χ1v) is 7.89. The summed E-state index contributed by atoms with van der Waals surface area (Å²) in [6.45, 7) is 3.33. The van der Waals surface area contributed by atoms with Gasteiger partial charge >= 0.3 is 5.97 Å². The molecule has 132 valence electrons. The van der Waals surface area contributed by atoms with Crippen molar-refractivity contribution in [3.8, 4) is 0 Å². The highest BCUT2D eigenvalue weighted by Gasteiger charge is 2.24. The predicted octanol–water partition coefficient (Wildman–Crippen LogP) is 0.288. The van der Waals surface area contributed by atoms with Gasteiger partial charge in [0.05, 0.1) is 6.04 Å². The summed E-state index contributed by atoms with van der Waals surface area (Å²) in [4.78, 5) is 34.9. The number of amides is 2. The molecule has 0 bridgehead atoms. The monoisotopic (exact) mass is 335 g/mol. The van der Waals surface area contributed by atoms with Crippen LogP contribution in [0.5, 0.6) is 0 Å². The maximum atomic E-state index is 12.2. The number of hydrogen-bond donors (Lipinski definition) is 4. The topological polar surface area (TPSA) is 122 Å². The summed E-state index contributed by atoms with van der Waals surface area (Å²) < 4.78 is 0. The molecule has 5 N–H and O–H groups in total. The van der Waals surface area contributed by atoms with Crippen molar-refractivity contribution < 1.29 is 19.5 Å². The Kier molecular flexibility index (Phi) is 7.91. The van der Waals surface area contributed by atoms with Gasteiger partial charge in [0.25, 0.3) is 0 Å². The van der Waals surface area contributed by atoms with E-state index in [2.05, 4.69) is 10.6 Å². The first-order chi connectivity index (χ1) is 11.3. The summed E-state index contributed by atoms with van der Waals surface area (Å²) in [5, 5.41) is 13.5. The normalized spacial score (nSPS) is 13.2. The van der Waals surface area contributed by atoms with E-state index in [1.165, 1.54) is 0 Å². The van der Waals surface area contributed by atoms with E-state index >= 15 is 0 Å². The Bertz CT molecular complexity index is 560. The van der Waals surface area contributed by atoms with Gasteiger partial charge in [-0.05, 0) is 24.3 Å². The molecule has 0 radical (unpaired) electrons. The number of carboxylic acids is 1. The van der Waals surface area contributed by atoms with E-state index < -0.39 is 36.4 Å². The predicted molar refractivity (Wildman–Crippen MR) is 90.2 cm³/mol. The molecule has 0 aliphatic heterocycles. The van der Waals surface area contributed by atoms with Gasteiger partial charge in [-0.15, -0.1) is 0 Å². The van der Waals surface area contributed by atoms with E-state index in [0.717, 1.165) is 5.56 Å². The quantitative estimate of drug-likeness (QED) is 0.517. The zero-order chi connectivity index (χ0) is 18.1. The molecule has 1 aromatic rings. The number of carboxylic acid groups (broad SMARTS) is 1. The molecule has 0 aliphatic rings. The summed E-state index contributed by atoms with van der Waals surface area (Å²) in [6, 6.07) is 7.76. The van der Waals surface area contributed by atoms with Crippen LogP contribution in [-0.2, 0) is 20.8 Å². The molecular formula is C17H25N3O4. The Morgan fingerprint density at radius 3 is 2.29 bits per heavy atom. The summed E-state index contributed by atoms with van der Waals surface area (Å²) in [5.41, 5.74) is 6.84. The average Bonchev–Trinajstić information content (AvgIpc) is 2.52. The molecule has 0 aliphatic carbocycles. The lowest BCUT2D eigenvalue weighted by atomic mass is 10.0. The van der Waals surface area contributed by atoms with Crippen LogP contribution in [0.2, 0.25) is 0 Å². The van der Waals surface area contributed by atoms with Gasteiger partial charge in [0, 0.05) is 0 Å². The van der Waals surface area contributed by atoms with Crippen molar-refractivity contribution >= 4 is 17.8 Å². The van der Waals surface area contributed by atoms with Crippen LogP contribution in [0.3, 0.4) is 0 Å². The van der Waals surface area contributed by atoms with Crippen molar-refractivity contribution in [2.24, 2.45) is 11.7 Å². The van der Waals surface area contributed by atoms with Gasteiger partial charge in [-0.2, -0.15) is 0 Å². The molecule has 0 heterocycles. The van der Waals surface area contributed by atoms with Crippen molar-refractivity contribution in [1.29, 1.82) is 0 Å². The first-order valence-electron chi connectivity index (χ1n) is 7.89. The molecule has 2 atom stereocenters. The van der Waals surface area contributed by atoms with E-state index in [0.29, 0.717) is 12.8 Å². The second kappa shape index (κ2) is 9.67. The number of nitrogens with one attached hydrogen (secondary N) is 2. The van der Waals surface area contributed by atoms with Crippen molar-refractivity contribution in [3.05, 3.63) is 35.9 Å². The van der Waals surface area contributed by atoms with Crippen LogP contribution in [0.15, 0.2) is 30.3 Å². The Morgan fingerprint density at radius 2 is 1.75 bits per heavy atom. The second-order valence-corrected chi connectivity index (χ2v) is 6.10. The standard InChI is InChI=1S/C17H25N3O4/c1-11(2)8-14(17(24)19-10-15(21)22)20-16(23)13(18)9-12-6-4-3-5-7-12/h3-7,11,13-14H,8-10,18H2,1-2H3,(H,19,24)(H,20,23)(H,21,22)/t13-,14-/m0/s1. The highest BCUT2D eigenvalue weighted by atomic mass is 16.4.